The third-order valence-corrected chi connectivity index (χ3v) is 4.69. The lowest BCUT2D eigenvalue weighted by atomic mass is 9.87. The van der Waals surface area contributed by atoms with E-state index in [-0.39, 0.29) is 23.9 Å². The van der Waals surface area contributed by atoms with Crippen molar-refractivity contribution in [3.8, 4) is 0 Å². The highest BCUT2D eigenvalue weighted by molar-refractivity contribution is 5.95. The third-order valence-electron chi connectivity index (χ3n) is 4.69. The van der Waals surface area contributed by atoms with Crippen molar-refractivity contribution >= 4 is 23.3 Å². The maximum Gasteiger partial charge on any atom is 0.319 e. The van der Waals surface area contributed by atoms with Crippen LogP contribution >= 0.6 is 0 Å². The number of hydrogen-bond donors (Lipinski definition) is 3. The Balaban J connectivity index is 1.50. The van der Waals surface area contributed by atoms with Gasteiger partial charge in [0.2, 0.25) is 5.91 Å². The van der Waals surface area contributed by atoms with Gasteiger partial charge in [0.1, 0.15) is 0 Å². The molecular formula is C18H25N3O2. The van der Waals surface area contributed by atoms with Crippen molar-refractivity contribution in [3.05, 3.63) is 24.3 Å². The second-order valence-electron chi connectivity index (χ2n) is 6.90. The average molecular weight is 315 g/mol. The van der Waals surface area contributed by atoms with Crippen LogP contribution in [0.15, 0.2) is 24.3 Å². The normalized spacial score (nSPS) is 23.9. The topological polar surface area (TPSA) is 70.2 Å². The van der Waals surface area contributed by atoms with E-state index in [0.29, 0.717) is 5.69 Å². The Morgan fingerprint density at radius 2 is 1.61 bits per heavy atom. The van der Waals surface area contributed by atoms with Gasteiger partial charge in [0.05, 0.1) is 0 Å². The Morgan fingerprint density at radius 3 is 2.26 bits per heavy atom. The Hall–Kier alpha value is -2.04. The summed E-state index contributed by atoms with van der Waals surface area (Å²) in [5.41, 5.74) is 1.42. The highest BCUT2D eigenvalue weighted by Gasteiger charge is 2.29. The van der Waals surface area contributed by atoms with Gasteiger partial charge in [-0.1, -0.05) is 13.0 Å². The number of benzene rings is 1. The largest absolute Gasteiger partial charge is 0.335 e. The zero-order valence-electron chi connectivity index (χ0n) is 13.6. The van der Waals surface area contributed by atoms with Gasteiger partial charge in [-0.2, -0.15) is 0 Å². The molecule has 1 aromatic rings. The molecule has 2 fully saturated rings. The molecule has 5 nitrogen and oxygen atoms in total. The standard InChI is InChI=1S/C18H25N3O2/c1-12-5-9-14(10-6-12)20-18(23)21-16-4-2-3-15(11-16)19-17(22)13-7-8-13/h2-4,11-14H,5-10H2,1H3,(H,19,22)(H2,20,21,23). The van der Waals surface area contributed by atoms with Gasteiger partial charge in [-0.3, -0.25) is 4.79 Å². The Bertz CT molecular complexity index is 575. The van der Waals surface area contributed by atoms with Gasteiger partial charge in [-0.05, 0) is 62.6 Å². The molecule has 3 N–H and O–H groups in total. The molecule has 0 spiro atoms. The smallest absolute Gasteiger partial charge is 0.319 e. The zero-order valence-corrected chi connectivity index (χ0v) is 13.6. The fraction of sp³-hybridized carbons (Fsp3) is 0.556. The van der Waals surface area contributed by atoms with Crippen molar-refractivity contribution in [1.82, 2.24) is 5.32 Å². The number of nitrogens with one attached hydrogen (secondary N) is 3. The summed E-state index contributed by atoms with van der Waals surface area (Å²) in [6, 6.07) is 7.39. The molecule has 0 aromatic heterocycles. The molecule has 0 unspecified atom stereocenters. The van der Waals surface area contributed by atoms with Crippen molar-refractivity contribution in [3.63, 3.8) is 0 Å². The SMILES string of the molecule is CC1CCC(NC(=O)Nc2cccc(NC(=O)C3CC3)c2)CC1. The predicted octanol–water partition coefficient (Wildman–Crippen LogP) is 3.74. The van der Waals surface area contributed by atoms with Gasteiger partial charge in [0.25, 0.3) is 0 Å². The fourth-order valence-electron chi connectivity index (χ4n) is 3.02. The van der Waals surface area contributed by atoms with Crippen LogP contribution < -0.4 is 16.0 Å². The summed E-state index contributed by atoms with van der Waals surface area (Å²) in [6.45, 7) is 2.26. The monoisotopic (exact) mass is 315 g/mol. The van der Waals surface area contributed by atoms with E-state index in [1.165, 1.54) is 12.8 Å². The number of carbonyl (C=O) groups is 2. The molecular weight excluding hydrogens is 290 g/mol. The van der Waals surface area contributed by atoms with E-state index in [2.05, 4.69) is 22.9 Å². The minimum atomic E-state index is -0.171. The third kappa shape index (κ3) is 4.71. The zero-order chi connectivity index (χ0) is 16.2. The van der Waals surface area contributed by atoms with Crippen LogP contribution in [0.1, 0.15) is 45.4 Å². The average Bonchev–Trinajstić information content (AvgIpc) is 3.35. The summed E-state index contributed by atoms with van der Waals surface area (Å²) in [4.78, 5) is 23.9. The van der Waals surface area contributed by atoms with Gasteiger partial charge < -0.3 is 16.0 Å². The molecule has 0 aliphatic heterocycles. The molecule has 124 valence electrons. The van der Waals surface area contributed by atoms with E-state index in [1.807, 2.05) is 18.2 Å². The van der Waals surface area contributed by atoms with E-state index in [0.717, 1.165) is 37.3 Å². The highest BCUT2D eigenvalue weighted by Crippen LogP contribution is 2.30. The van der Waals surface area contributed by atoms with Crippen molar-refractivity contribution < 1.29 is 9.59 Å². The predicted molar refractivity (Wildman–Crippen MR) is 91.4 cm³/mol. The second-order valence-corrected chi connectivity index (χ2v) is 6.90. The Labute approximate surface area is 137 Å². The van der Waals surface area contributed by atoms with Gasteiger partial charge >= 0.3 is 6.03 Å². The van der Waals surface area contributed by atoms with Gasteiger partial charge in [0.15, 0.2) is 0 Å². The van der Waals surface area contributed by atoms with Crippen molar-refractivity contribution in [1.29, 1.82) is 0 Å². The minimum Gasteiger partial charge on any atom is -0.335 e. The van der Waals surface area contributed by atoms with Crippen molar-refractivity contribution in [2.45, 2.75) is 51.5 Å². The minimum absolute atomic E-state index is 0.0722. The molecule has 2 saturated carbocycles. The first-order valence-electron chi connectivity index (χ1n) is 8.58. The molecule has 1 aromatic carbocycles. The summed E-state index contributed by atoms with van der Waals surface area (Å²) in [5, 5.41) is 8.79. The molecule has 2 aliphatic rings. The van der Waals surface area contributed by atoms with Gasteiger partial charge in [-0.15, -0.1) is 0 Å². The number of carbonyl (C=O) groups excluding carboxylic acids is 2. The summed E-state index contributed by atoms with van der Waals surface area (Å²) in [5.74, 6) is 1.01. The van der Waals surface area contributed by atoms with E-state index >= 15 is 0 Å². The van der Waals surface area contributed by atoms with E-state index in [1.54, 1.807) is 6.07 Å². The second kappa shape index (κ2) is 7.02. The number of amides is 3. The molecule has 0 heterocycles. The molecule has 23 heavy (non-hydrogen) atoms. The quantitative estimate of drug-likeness (QED) is 0.792. The molecule has 0 radical (unpaired) electrons. The maximum atomic E-state index is 12.1. The first kappa shape index (κ1) is 15.8. The van der Waals surface area contributed by atoms with Crippen molar-refractivity contribution in [2.75, 3.05) is 10.6 Å². The lowest BCUT2D eigenvalue weighted by Crippen LogP contribution is -2.39. The number of anilines is 2. The molecule has 5 heteroatoms. The summed E-state index contributed by atoms with van der Waals surface area (Å²) in [6.07, 6.45) is 6.40. The van der Waals surface area contributed by atoms with Crippen LogP contribution in [0, 0.1) is 11.8 Å². The van der Waals surface area contributed by atoms with E-state index in [4.69, 9.17) is 0 Å². The Morgan fingerprint density at radius 1 is 0.957 bits per heavy atom. The van der Waals surface area contributed by atoms with E-state index in [9.17, 15) is 9.59 Å². The molecule has 2 aliphatic carbocycles. The van der Waals surface area contributed by atoms with Crippen LogP contribution in [0.5, 0.6) is 0 Å². The molecule has 3 amide bonds. The molecule has 0 bridgehead atoms. The summed E-state index contributed by atoms with van der Waals surface area (Å²) >= 11 is 0. The number of hydrogen-bond acceptors (Lipinski definition) is 2. The van der Waals surface area contributed by atoms with Crippen LogP contribution in [-0.2, 0) is 4.79 Å². The van der Waals surface area contributed by atoms with Crippen LogP contribution in [-0.4, -0.2) is 18.0 Å². The number of urea groups is 1. The summed E-state index contributed by atoms with van der Waals surface area (Å²) < 4.78 is 0. The molecule has 3 rings (SSSR count). The highest BCUT2D eigenvalue weighted by atomic mass is 16.2. The lowest BCUT2D eigenvalue weighted by molar-refractivity contribution is -0.117. The van der Waals surface area contributed by atoms with E-state index < -0.39 is 0 Å². The number of rotatable bonds is 4. The van der Waals surface area contributed by atoms with Crippen LogP contribution in [0.2, 0.25) is 0 Å². The van der Waals surface area contributed by atoms with Gasteiger partial charge in [-0.25, -0.2) is 4.79 Å². The van der Waals surface area contributed by atoms with Crippen molar-refractivity contribution in [2.24, 2.45) is 11.8 Å². The first-order valence-corrected chi connectivity index (χ1v) is 8.58. The van der Waals surface area contributed by atoms with Crippen LogP contribution in [0.4, 0.5) is 16.2 Å². The lowest BCUT2D eigenvalue weighted by Gasteiger charge is -2.26. The van der Waals surface area contributed by atoms with Gasteiger partial charge in [0, 0.05) is 23.3 Å². The van der Waals surface area contributed by atoms with Crippen LogP contribution in [0.3, 0.4) is 0 Å². The summed E-state index contributed by atoms with van der Waals surface area (Å²) in [7, 11) is 0. The maximum absolute atomic E-state index is 12.1. The first-order chi connectivity index (χ1) is 11.1. The fourth-order valence-corrected chi connectivity index (χ4v) is 3.02. The van der Waals surface area contributed by atoms with Crippen LogP contribution in [0.25, 0.3) is 0 Å². The molecule has 0 saturated heterocycles. The molecule has 0 atom stereocenters. The Kier molecular flexibility index (Phi) is 4.84.